The highest BCUT2D eigenvalue weighted by Crippen LogP contribution is 2.34. The highest BCUT2D eigenvalue weighted by molar-refractivity contribution is 8.00. The zero-order chi connectivity index (χ0) is 17.0. The molecule has 23 heavy (non-hydrogen) atoms. The van der Waals surface area contributed by atoms with Crippen molar-refractivity contribution in [3.8, 4) is 0 Å². The molecule has 0 saturated heterocycles. The zero-order valence-corrected chi connectivity index (χ0v) is 13.4. The van der Waals surface area contributed by atoms with Crippen molar-refractivity contribution in [3.05, 3.63) is 24.3 Å². The second kappa shape index (κ2) is 7.25. The molecule has 1 aliphatic rings. The van der Waals surface area contributed by atoms with E-state index in [1.807, 2.05) is 12.1 Å². The lowest BCUT2D eigenvalue weighted by molar-refractivity contribution is -0.145. The normalized spacial score (nSPS) is 14.6. The van der Waals surface area contributed by atoms with Crippen molar-refractivity contribution in [1.82, 2.24) is 4.90 Å². The number of alkyl halides is 3. The first-order chi connectivity index (χ1) is 10.8. The van der Waals surface area contributed by atoms with Crippen molar-refractivity contribution >= 4 is 29.3 Å². The van der Waals surface area contributed by atoms with E-state index in [1.54, 1.807) is 19.1 Å². The molecule has 8 heteroatoms. The number of hydrogen-bond acceptors (Lipinski definition) is 3. The first kappa shape index (κ1) is 17.7. The van der Waals surface area contributed by atoms with Crippen molar-refractivity contribution in [3.63, 3.8) is 0 Å². The molecule has 0 N–H and O–H groups in total. The Morgan fingerprint density at radius 1 is 1.35 bits per heavy atom. The van der Waals surface area contributed by atoms with Crippen LogP contribution in [0.5, 0.6) is 0 Å². The minimum absolute atomic E-state index is 0.174. The predicted molar refractivity (Wildman–Crippen MR) is 82.4 cm³/mol. The number of benzene rings is 1. The topological polar surface area (TPSA) is 40.6 Å². The van der Waals surface area contributed by atoms with Crippen LogP contribution in [0.15, 0.2) is 29.2 Å². The molecular formula is C15H17F3N2O2S. The van der Waals surface area contributed by atoms with Gasteiger partial charge in [-0.2, -0.15) is 13.2 Å². The lowest BCUT2D eigenvalue weighted by Gasteiger charge is -2.30. The number of fused-ring (bicyclic) bond motifs is 1. The van der Waals surface area contributed by atoms with E-state index in [2.05, 4.69) is 0 Å². The number of amides is 2. The number of halogens is 3. The predicted octanol–water partition coefficient (Wildman–Crippen LogP) is 2.93. The van der Waals surface area contributed by atoms with Gasteiger partial charge in [0.1, 0.15) is 6.54 Å². The molecule has 4 nitrogen and oxygen atoms in total. The number of nitrogens with zero attached hydrogens (tertiary/aromatic N) is 2. The van der Waals surface area contributed by atoms with Gasteiger partial charge >= 0.3 is 6.18 Å². The number of carbonyl (C=O) groups is 2. The van der Waals surface area contributed by atoms with Gasteiger partial charge in [-0.05, 0) is 19.1 Å². The smallest absolute Gasteiger partial charge is 0.341 e. The molecule has 126 valence electrons. The van der Waals surface area contributed by atoms with Crippen molar-refractivity contribution in [1.29, 1.82) is 0 Å². The van der Waals surface area contributed by atoms with Crippen LogP contribution in [0.2, 0.25) is 0 Å². The lowest BCUT2D eigenvalue weighted by Crippen LogP contribution is -2.45. The van der Waals surface area contributed by atoms with E-state index in [9.17, 15) is 22.8 Å². The summed E-state index contributed by atoms with van der Waals surface area (Å²) in [7, 11) is 0. The second-order valence-electron chi connectivity index (χ2n) is 5.07. The summed E-state index contributed by atoms with van der Waals surface area (Å²) in [5.41, 5.74) is 0.633. The first-order valence-corrected chi connectivity index (χ1v) is 8.17. The zero-order valence-electron chi connectivity index (χ0n) is 12.6. The van der Waals surface area contributed by atoms with Gasteiger partial charge in [0.25, 0.3) is 0 Å². The molecule has 0 saturated carbocycles. The van der Waals surface area contributed by atoms with Gasteiger partial charge in [0.15, 0.2) is 0 Å². The monoisotopic (exact) mass is 346 g/mol. The lowest BCUT2D eigenvalue weighted by atomic mass is 10.2. The molecule has 1 aromatic rings. The highest BCUT2D eigenvalue weighted by Gasteiger charge is 2.31. The molecular weight excluding hydrogens is 329 g/mol. The summed E-state index contributed by atoms with van der Waals surface area (Å²) in [6, 6.07) is 7.18. The van der Waals surface area contributed by atoms with Gasteiger partial charge < -0.3 is 9.80 Å². The third-order valence-corrected chi connectivity index (χ3v) is 4.55. The van der Waals surface area contributed by atoms with Crippen molar-refractivity contribution < 1.29 is 22.8 Å². The number of likely N-dealkylation sites (N-methyl/N-ethyl adjacent to an activating group) is 1. The van der Waals surface area contributed by atoms with Gasteiger partial charge in [-0.25, -0.2) is 0 Å². The number of thioether (sulfide) groups is 1. The molecule has 0 bridgehead atoms. The van der Waals surface area contributed by atoms with Crippen molar-refractivity contribution in [2.75, 3.05) is 30.3 Å². The third kappa shape index (κ3) is 4.63. The Morgan fingerprint density at radius 3 is 2.70 bits per heavy atom. The number of rotatable bonds is 5. The van der Waals surface area contributed by atoms with Gasteiger partial charge in [-0.15, -0.1) is 11.8 Å². The van der Waals surface area contributed by atoms with Crippen LogP contribution >= 0.6 is 11.8 Å². The van der Waals surface area contributed by atoms with E-state index >= 15 is 0 Å². The fourth-order valence-corrected chi connectivity index (χ4v) is 3.22. The molecule has 2 rings (SSSR count). The van der Waals surface area contributed by atoms with E-state index in [0.717, 1.165) is 9.80 Å². The number of carbonyl (C=O) groups excluding carboxylic acids is 2. The van der Waals surface area contributed by atoms with E-state index in [1.165, 1.54) is 16.7 Å². The molecule has 0 aromatic heterocycles. The van der Waals surface area contributed by atoms with Crippen LogP contribution < -0.4 is 4.90 Å². The van der Waals surface area contributed by atoms with Gasteiger partial charge in [-0.3, -0.25) is 9.59 Å². The van der Waals surface area contributed by atoms with Crippen LogP contribution in [0.3, 0.4) is 0 Å². The van der Waals surface area contributed by atoms with Gasteiger partial charge in [0, 0.05) is 18.0 Å². The average molecular weight is 346 g/mol. The van der Waals surface area contributed by atoms with Crippen LogP contribution in [-0.2, 0) is 9.59 Å². The summed E-state index contributed by atoms with van der Waals surface area (Å²) in [5.74, 6) is -0.473. The van der Waals surface area contributed by atoms with Crippen LogP contribution in [0.4, 0.5) is 18.9 Å². The first-order valence-electron chi connectivity index (χ1n) is 7.18. The maximum atomic E-state index is 12.3. The minimum atomic E-state index is -4.31. The van der Waals surface area contributed by atoms with E-state index in [-0.39, 0.29) is 24.7 Å². The van der Waals surface area contributed by atoms with E-state index in [0.29, 0.717) is 5.69 Å². The molecule has 0 spiro atoms. The fraction of sp³-hybridized carbons (Fsp3) is 0.467. The van der Waals surface area contributed by atoms with Crippen LogP contribution in [0, 0.1) is 0 Å². The molecule has 1 aromatic carbocycles. The molecule has 0 aliphatic carbocycles. The van der Waals surface area contributed by atoms with E-state index < -0.39 is 25.0 Å². The van der Waals surface area contributed by atoms with Crippen LogP contribution in [0.1, 0.15) is 13.3 Å². The summed E-state index contributed by atoms with van der Waals surface area (Å²) in [6.07, 6.45) is -5.36. The molecule has 0 fully saturated rings. The van der Waals surface area contributed by atoms with Gasteiger partial charge in [0.2, 0.25) is 11.8 Å². The average Bonchev–Trinajstić information content (AvgIpc) is 2.49. The number of anilines is 1. The minimum Gasteiger partial charge on any atom is -0.341 e. The Labute approximate surface area is 136 Å². The van der Waals surface area contributed by atoms with Crippen molar-refractivity contribution in [2.24, 2.45) is 0 Å². The molecule has 0 unspecified atom stereocenters. The number of para-hydroxylation sites is 1. The SMILES string of the molecule is CCN(CCC(F)(F)F)C(=O)CN1C(=O)CSc2ccccc21. The summed E-state index contributed by atoms with van der Waals surface area (Å²) in [4.78, 5) is 27.7. The summed E-state index contributed by atoms with van der Waals surface area (Å²) in [6.45, 7) is 1.17. The standard InChI is InChI=1S/C15H17F3N2O2S/c1-2-19(8-7-15(16,17)18)13(21)9-20-11-5-3-4-6-12(11)23-10-14(20)22/h3-6H,2,7-10H2,1H3. The second-order valence-corrected chi connectivity index (χ2v) is 6.09. The van der Waals surface area contributed by atoms with Crippen LogP contribution in [-0.4, -0.2) is 48.3 Å². The van der Waals surface area contributed by atoms with Gasteiger partial charge in [-0.1, -0.05) is 12.1 Å². The van der Waals surface area contributed by atoms with Crippen molar-refractivity contribution in [2.45, 2.75) is 24.4 Å². The quantitative estimate of drug-likeness (QED) is 0.823. The van der Waals surface area contributed by atoms with Gasteiger partial charge in [0.05, 0.1) is 17.9 Å². The maximum absolute atomic E-state index is 12.3. The summed E-state index contributed by atoms with van der Waals surface area (Å²) >= 11 is 1.39. The number of hydrogen-bond donors (Lipinski definition) is 0. The van der Waals surface area contributed by atoms with Crippen LogP contribution in [0.25, 0.3) is 0 Å². The maximum Gasteiger partial charge on any atom is 0.390 e. The molecule has 1 heterocycles. The Morgan fingerprint density at radius 2 is 2.04 bits per heavy atom. The summed E-state index contributed by atoms with van der Waals surface area (Å²) in [5, 5.41) is 0. The highest BCUT2D eigenvalue weighted by atomic mass is 32.2. The summed E-state index contributed by atoms with van der Waals surface area (Å²) < 4.78 is 37.0. The Hall–Kier alpha value is -1.70. The Balaban J connectivity index is 2.08. The Kier molecular flexibility index (Phi) is 5.56. The molecule has 0 radical (unpaired) electrons. The Bertz CT molecular complexity index is 592. The third-order valence-electron chi connectivity index (χ3n) is 3.50. The molecule has 0 atom stereocenters. The van der Waals surface area contributed by atoms with E-state index in [4.69, 9.17) is 0 Å². The molecule has 2 amide bonds. The fourth-order valence-electron chi connectivity index (χ4n) is 2.28. The molecule has 1 aliphatic heterocycles. The largest absolute Gasteiger partial charge is 0.390 e.